The molecule has 1 amide bonds. The summed E-state index contributed by atoms with van der Waals surface area (Å²) in [5, 5.41) is 7.78. The quantitative estimate of drug-likeness (QED) is 0.342. The van der Waals surface area contributed by atoms with Crippen molar-refractivity contribution in [1.82, 2.24) is 14.5 Å². The second-order valence-corrected chi connectivity index (χ2v) is 9.21. The zero-order chi connectivity index (χ0) is 22.9. The summed E-state index contributed by atoms with van der Waals surface area (Å²) in [6.45, 7) is 1.02. The Labute approximate surface area is 201 Å². The predicted molar refractivity (Wildman–Crippen MR) is 137 cm³/mol. The summed E-state index contributed by atoms with van der Waals surface area (Å²) < 4.78 is 1.92. The van der Waals surface area contributed by atoms with Gasteiger partial charge >= 0.3 is 0 Å². The fraction of sp³-hybridized carbons (Fsp3) is 0.148. The second-order valence-electron chi connectivity index (χ2n) is 8.36. The summed E-state index contributed by atoms with van der Waals surface area (Å²) in [5.74, 6) is -0.178. The number of amides is 1. The summed E-state index contributed by atoms with van der Waals surface area (Å²) in [7, 11) is 0. The molecule has 1 fully saturated rings. The number of rotatable bonds is 5. The lowest BCUT2D eigenvalue weighted by atomic mass is 10.1. The average molecular weight is 466 g/mol. The van der Waals surface area contributed by atoms with Gasteiger partial charge in [0.05, 0.1) is 17.4 Å². The average Bonchev–Trinajstić information content (AvgIpc) is 3.65. The number of hydrogen-bond donors (Lipinski definition) is 1. The van der Waals surface area contributed by atoms with Gasteiger partial charge in [0, 0.05) is 47.0 Å². The van der Waals surface area contributed by atoms with Crippen LogP contribution in [0.25, 0.3) is 16.5 Å². The van der Waals surface area contributed by atoms with E-state index in [0.29, 0.717) is 10.8 Å². The van der Waals surface area contributed by atoms with Gasteiger partial charge in [-0.15, -0.1) is 11.3 Å². The zero-order valence-electron chi connectivity index (χ0n) is 18.5. The second kappa shape index (κ2) is 8.76. The third kappa shape index (κ3) is 3.74. The Morgan fingerprint density at radius 3 is 2.85 bits per heavy atom. The standard InChI is InChI=1S/C27H23N5OS/c33-26(25-12-6-16-32(25)23-10-4-7-19-17-28-14-13-21(19)23)30-27-29-22(18-34-27)24-11-5-15-31(24)20-8-2-1-3-9-20/h1-4,6-10,12-14,16-18,24H,5,11,15H2,(H,29,30,33). The van der Waals surface area contributed by atoms with Gasteiger partial charge in [0.1, 0.15) is 5.69 Å². The van der Waals surface area contributed by atoms with Gasteiger partial charge in [-0.2, -0.15) is 0 Å². The van der Waals surface area contributed by atoms with Crippen LogP contribution in [0.5, 0.6) is 0 Å². The van der Waals surface area contributed by atoms with Gasteiger partial charge in [-0.1, -0.05) is 30.3 Å². The molecule has 1 unspecified atom stereocenters. The number of nitrogens with one attached hydrogen (secondary N) is 1. The van der Waals surface area contributed by atoms with Crippen molar-refractivity contribution >= 4 is 38.8 Å². The van der Waals surface area contributed by atoms with E-state index in [4.69, 9.17) is 4.98 Å². The molecule has 168 valence electrons. The van der Waals surface area contributed by atoms with Crippen molar-refractivity contribution in [3.63, 3.8) is 0 Å². The molecular weight excluding hydrogens is 442 g/mol. The normalized spacial score (nSPS) is 15.6. The maximum Gasteiger partial charge on any atom is 0.274 e. The first-order valence-corrected chi connectivity index (χ1v) is 12.2. The number of anilines is 2. The van der Waals surface area contributed by atoms with E-state index in [1.165, 1.54) is 17.0 Å². The topological polar surface area (TPSA) is 63.1 Å². The van der Waals surface area contributed by atoms with Crippen molar-refractivity contribution < 1.29 is 4.79 Å². The van der Waals surface area contributed by atoms with Crippen molar-refractivity contribution in [3.05, 3.63) is 102 Å². The molecule has 0 radical (unpaired) electrons. The molecule has 0 bridgehead atoms. The van der Waals surface area contributed by atoms with Crippen LogP contribution in [-0.2, 0) is 0 Å². The van der Waals surface area contributed by atoms with Gasteiger partial charge < -0.3 is 9.47 Å². The summed E-state index contributed by atoms with van der Waals surface area (Å²) in [4.78, 5) is 24.6. The fourth-order valence-corrected chi connectivity index (χ4v) is 5.50. The third-order valence-electron chi connectivity index (χ3n) is 6.32. The van der Waals surface area contributed by atoms with E-state index in [9.17, 15) is 4.79 Å². The minimum absolute atomic E-state index is 0.178. The van der Waals surface area contributed by atoms with Crippen LogP contribution >= 0.6 is 11.3 Å². The van der Waals surface area contributed by atoms with Crippen molar-refractivity contribution in [2.75, 3.05) is 16.8 Å². The van der Waals surface area contributed by atoms with Crippen LogP contribution < -0.4 is 10.2 Å². The molecule has 1 atom stereocenters. The number of hydrogen-bond acceptors (Lipinski definition) is 5. The molecule has 2 aromatic carbocycles. The number of carbonyl (C=O) groups excluding carboxylic acids is 1. The Morgan fingerprint density at radius 1 is 1.03 bits per heavy atom. The molecule has 0 saturated carbocycles. The molecule has 6 nitrogen and oxygen atoms in total. The molecule has 1 aliphatic heterocycles. The largest absolute Gasteiger partial charge is 0.363 e. The molecule has 0 spiro atoms. The number of aromatic nitrogens is 3. The van der Waals surface area contributed by atoms with Crippen molar-refractivity contribution in [1.29, 1.82) is 0 Å². The van der Waals surface area contributed by atoms with Crippen LogP contribution in [0, 0.1) is 0 Å². The molecule has 1 N–H and O–H groups in total. The lowest BCUT2D eigenvalue weighted by Gasteiger charge is -2.25. The minimum atomic E-state index is -0.178. The van der Waals surface area contributed by atoms with Gasteiger partial charge in [0.25, 0.3) is 5.91 Å². The van der Waals surface area contributed by atoms with Crippen LogP contribution in [0.15, 0.2) is 90.7 Å². The van der Waals surface area contributed by atoms with E-state index in [2.05, 4.69) is 44.8 Å². The van der Waals surface area contributed by atoms with Crippen molar-refractivity contribution in [3.8, 4) is 5.69 Å². The highest BCUT2D eigenvalue weighted by Crippen LogP contribution is 2.37. The summed E-state index contributed by atoms with van der Waals surface area (Å²) in [5.41, 5.74) is 3.73. The van der Waals surface area contributed by atoms with E-state index in [-0.39, 0.29) is 11.9 Å². The molecule has 34 heavy (non-hydrogen) atoms. The van der Waals surface area contributed by atoms with Gasteiger partial charge in [-0.25, -0.2) is 4.98 Å². The molecule has 1 aliphatic rings. The van der Waals surface area contributed by atoms with Gasteiger partial charge in [0.2, 0.25) is 0 Å². The summed E-state index contributed by atoms with van der Waals surface area (Å²) >= 11 is 1.48. The molecule has 7 heteroatoms. The Hall–Kier alpha value is -3.97. The third-order valence-corrected chi connectivity index (χ3v) is 7.10. The summed E-state index contributed by atoms with van der Waals surface area (Å²) in [6.07, 6.45) is 7.71. The van der Waals surface area contributed by atoms with Crippen molar-refractivity contribution in [2.24, 2.45) is 0 Å². The lowest BCUT2D eigenvalue weighted by Crippen LogP contribution is -2.22. The first-order chi connectivity index (χ1) is 16.8. The van der Waals surface area contributed by atoms with Crippen LogP contribution in [-0.4, -0.2) is 27.0 Å². The van der Waals surface area contributed by atoms with Gasteiger partial charge in [-0.05, 0) is 49.2 Å². The molecular formula is C27H23N5OS. The lowest BCUT2D eigenvalue weighted by molar-refractivity contribution is 0.102. The number of fused-ring (bicyclic) bond motifs is 1. The number of pyridine rings is 1. The molecule has 1 saturated heterocycles. The first-order valence-electron chi connectivity index (χ1n) is 11.4. The summed E-state index contributed by atoms with van der Waals surface area (Å²) in [6, 6.07) is 22.4. The van der Waals surface area contributed by atoms with E-state index < -0.39 is 0 Å². The van der Waals surface area contributed by atoms with Crippen LogP contribution in [0.1, 0.15) is 35.1 Å². The van der Waals surface area contributed by atoms with E-state index in [1.54, 1.807) is 6.20 Å². The zero-order valence-corrected chi connectivity index (χ0v) is 19.3. The van der Waals surface area contributed by atoms with E-state index in [0.717, 1.165) is 41.5 Å². The smallest absolute Gasteiger partial charge is 0.274 e. The Bertz CT molecular complexity index is 1450. The molecule has 4 heterocycles. The highest BCUT2D eigenvalue weighted by atomic mass is 32.1. The maximum atomic E-state index is 13.2. The van der Waals surface area contributed by atoms with E-state index >= 15 is 0 Å². The van der Waals surface area contributed by atoms with Crippen molar-refractivity contribution in [2.45, 2.75) is 18.9 Å². The number of thiazole rings is 1. The first kappa shape index (κ1) is 20.6. The Balaban J connectivity index is 1.24. The number of carbonyl (C=O) groups is 1. The van der Waals surface area contributed by atoms with Crippen LogP contribution in [0.4, 0.5) is 10.8 Å². The molecule has 6 rings (SSSR count). The van der Waals surface area contributed by atoms with Crippen LogP contribution in [0.3, 0.4) is 0 Å². The van der Waals surface area contributed by atoms with Crippen LogP contribution in [0.2, 0.25) is 0 Å². The maximum absolute atomic E-state index is 13.2. The van der Waals surface area contributed by atoms with E-state index in [1.807, 2.05) is 59.4 Å². The van der Waals surface area contributed by atoms with Gasteiger partial charge in [-0.3, -0.25) is 15.1 Å². The molecule has 3 aromatic heterocycles. The number of para-hydroxylation sites is 1. The minimum Gasteiger partial charge on any atom is -0.363 e. The molecule has 5 aromatic rings. The van der Waals surface area contributed by atoms with Gasteiger partial charge in [0.15, 0.2) is 5.13 Å². The SMILES string of the molecule is O=C(Nc1nc(C2CCCN2c2ccccc2)cs1)c1cccn1-c1cccc2cnccc12. The predicted octanol–water partition coefficient (Wildman–Crippen LogP) is 6.08. The fourth-order valence-electron chi connectivity index (χ4n) is 4.75. The highest BCUT2D eigenvalue weighted by Gasteiger charge is 2.28. The number of benzene rings is 2. The number of nitrogens with zero attached hydrogens (tertiary/aromatic N) is 4. The Kier molecular flexibility index (Phi) is 5.31. The Morgan fingerprint density at radius 2 is 1.94 bits per heavy atom. The molecule has 0 aliphatic carbocycles. The monoisotopic (exact) mass is 465 g/mol. The highest BCUT2D eigenvalue weighted by molar-refractivity contribution is 7.14.